The van der Waals surface area contributed by atoms with E-state index in [2.05, 4.69) is 31.4 Å². The molecule has 4 N–H and O–H groups in total. The first-order valence-electron chi connectivity index (χ1n) is 5.06. The van der Waals surface area contributed by atoms with Gasteiger partial charge in [0.2, 0.25) is 0 Å². The molecule has 1 aliphatic heterocycles. The highest BCUT2D eigenvalue weighted by Crippen LogP contribution is 2.08. The Morgan fingerprint density at radius 3 is 1.44 bits per heavy atom. The quantitative estimate of drug-likeness (QED) is 0.631. The Balaban J connectivity index is 0. The summed E-state index contributed by atoms with van der Waals surface area (Å²) in [6.07, 6.45) is 3.84. The van der Waals surface area contributed by atoms with Crippen LogP contribution < -0.4 is 11.5 Å². The van der Waals surface area contributed by atoms with Gasteiger partial charge in [-0.1, -0.05) is 11.6 Å². The van der Waals surface area contributed by atoms with Crippen molar-refractivity contribution in [2.24, 2.45) is 11.5 Å². The zero-order valence-electron chi connectivity index (χ0n) is 10.2. The SMILES string of the molecule is CC=C(C)C.NC(N)=O.O=S1(=O)CCCC1. The molecule has 1 saturated heterocycles. The molecule has 1 rings (SSSR count). The molecule has 0 unspecified atom stereocenters. The van der Waals surface area contributed by atoms with E-state index in [1.807, 2.05) is 6.92 Å². The lowest BCUT2D eigenvalue weighted by atomic mass is 10.3. The second-order valence-electron chi connectivity index (χ2n) is 3.63. The van der Waals surface area contributed by atoms with Gasteiger partial charge in [0.25, 0.3) is 0 Å². The summed E-state index contributed by atoms with van der Waals surface area (Å²) < 4.78 is 20.9. The number of allylic oxidation sites excluding steroid dienone is 2. The molecule has 16 heavy (non-hydrogen) atoms. The molecule has 0 atom stereocenters. The van der Waals surface area contributed by atoms with Crippen LogP contribution in [0, 0.1) is 0 Å². The second kappa shape index (κ2) is 9.21. The van der Waals surface area contributed by atoms with E-state index >= 15 is 0 Å². The van der Waals surface area contributed by atoms with Crippen molar-refractivity contribution in [1.29, 1.82) is 0 Å². The first-order valence-corrected chi connectivity index (χ1v) is 6.88. The topological polar surface area (TPSA) is 103 Å². The third-order valence-electron chi connectivity index (χ3n) is 1.74. The van der Waals surface area contributed by atoms with Gasteiger partial charge in [-0.2, -0.15) is 0 Å². The summed E-state index contributed by atoms with van der Waals surface area (Å²) in [6, 6.07) is -0.833. The number of primary amides is 2. The molecule has 0 spiro atoms. The third kappa shape index (κ3) is 18.7. The van der Waals surface area contributed by atoms with Crippen LogP contribution in [-0.2, 0) is 9.84 Å². The van der Waals surface area contributed by atoms with Crippen molar-refractivity contribution in [3.63, 3.8) is 0 Å². The van der Waals surface area contributed by atoms with E-state index in [1.54, 1.807) is 0 Å². The van der Waals surface area contributed by atoms with Gasteiger partial charge in [-0.3, -0.25) is 0 Å². The normalized spacial score (nSPS) is 15.9. The maximum atomic E-state index is 10.4. The van der Waals surface area contributed by atoms with E-state index in [4.69, 9.17) is 4.79 Å². The Kier molecular flexibility index (Phi) is 9.99. The summed E-state index contributed by atoms with van der Waals surface area (Å²) in [4.78, 5) is 9.00. The summed E-state index contributed by atoms with van der Waals surface area (Å²) in [5.41, 5.74) is 9.88. The first-order chi connectivity index (χ1) is 7.21. The fourth-order valence-corrected chi connectivity index (χ4v) is 2.24. The van der Waals surface area contributed by atoms with Crippen LogP contribution >= 0.6 is 0 Å². The highest BCUT2D eigenvalue weighted by Gasteiger charge is 2.16. The lowest BCUT2D eigenvalue weighted by Gasteiger charge is -1.81. The van der Waals surface area contributed by atoms with Crippen molar-refractivity contribution in [2.45, 2.75) is 33.6 Å². The van der Waals surface area contributed by atoms with Gasteiger partial charge in [0.1, 0.15) is 9.84 Å². The minimum atomic E-state index is -2.55. The van der Waals surface area contributed by atoms with E-state index < -0.39 is 15.9 Å². The smallest absolute Gasteiger partial charge is 0.309 e. The Morgan fingerprint density at radius 2 is 1.38 bits per heavy atom. The fraction of sp³-hybridized carbons (Fsp3) is 0.700. The van der Waals surface area contributed by atoms with Gasteiger partial charge in [-0.05, 0) is 33.6 Å². The van der Waals surface area contributed by atoms with Crippen LogP contribution in [0.1, 0.15) is 33.6 Å². The van der Waals surface area contributed by atoms with Crippen molar-refractivity contribution in [3.05, 3.63) is 11.6 Å². The fourth-order valence-electron chi connectivity index (χ4n) is 0.746. The predicted molar refractivity (Wildman–Crippen MR) is 66.8 cm³/mol. The van der Waals surface area contributed by atoms with Gasteiger partial charge < -0.3 is 11.5 Å². The molecule has 0 saturated carbocycles. The van der Waals surface area contributed by atoms with Crippen molar-refractivity contribution < 1.29 is 13.2 Å². The van der Waals surface area contributed by atoms with Gasteiger partial charge in [-0.15, -0.1) is 0 Å². The van der Waals surface area contributed by atoms with E-state index in [0.29, 0.717) is 11.5 Å². The van der Waals surface area contributed by atoms with Gasteiger partial charge in [0, 0.05) is 0 Å². The lowest BCUT2D eigenvalue weighted by molar-refractivity contribution is 0.256. The van der Waals surface area contributed by atoms with E-state index in [1.165, 1.54) is 5.57 Å². The van der Waals surface area contributed by atoms with Crippen LogP contribution in [0.15, 0.2) is 11.6 Å². The Labute approximate surface area is 97.8 Å². The molecule has 0 radical (unpaired) electrons. The van der Waals surface area contributed by atoms with E-state index in [0.717, 1.165) is 12.8 Å². The minimum Gasteiger partial charge on any atom is -0.352 e. The average Bonchev–Trinajstić information content (AvgIpc) is 2.50. The molecule has 0 bridgehead atoms. The summed E-state index contributed by atoms with van der Waals surface area (Å²) in [5, 5.41) is 0. The molecule has 96 valence electrons. The van der Waals surface area contributed by atoms with Crippen LogP contribution in [0.3, 0.4) is 0 Å². The third-order valence-corrected chi connectivity index (χ3v) is 3.56. The van der Waals surface area contributed by atoms with E-state index in [9.17, 15) is 8.42 Å². The largest absolute Gasteiger partial charge is 0.352 e. The zero-order valence-corrected chi connectivity index (χ0v) is 11.0. The lowest BCUT2D eigenvalue weighted by Crippen LogP contribution is -2.18. The number of hydrogen-bond donors (Lipinski definition) is 2. The second-order valence-corrected chi connectivity index (χ2v) is 5.93. The highest BCUT2D eigenvalue weighted by atomic mass is 32.2. The standard InChI is InChI=1S/C5H10.C4H8O2S.CH4N2O/c1-4-5(2)3;5-7(6)3-1-2-4-7;2-1(3)4/h4H,1-3H3;1-4H2;(H4,2,3,4). The molecule has 6 heteroatoms. The predicted octanol–water partition coefficient (Wildman–Crippen LogP) is 1.19. The summed E-state index contributed by atoms with van der Waals surface area (Å²) >= 11 is 0. The molecular formula is C10H22N2O3S. The molecular weight excluding hydrogens is 228 g/mol. The number of nitrogens with two attached hydrogens (primary N) is 2. The number of sulfone groups is 1. The van der Waals surface area contributed by atoms with Crippen LogP contribution in [-0.4, -0.2) is 26.0 Å². The molecule has 1 fully saturated rings. The van der Waals surface area contributed by atoms with Crippen molar-refractivity contribution in [2.75, 3.05) is 11.5 Å². The Morgan fingerprint density at radius 1 is 1.12 bits per heavy atom. The van der Waals surface area contributed by atoms with Crippen LogP contribution in [0.5, 0.6) is 0 Å². The first kappa shape index (κ1) is 17.4. The number of rotatable bonds is 0. The van der Waals surface area contributed by atoms with Gasteiger partial charge >= 0.3 is 6.03 Å². The molecule has 1 aliphatic rings. The van der Waals surface area contributed by atoms with Crippen molar-refractivity contribution >= 4 is 15.9 Å². The van der Waals surface area contributed by atoms with E-state index in [-0.39, 0.29) is 0 Å². The molecule has 0 aromatic heterocycles. The van der Waals surface area contributed by atoms with Gasteiger partial charge in [0.15, 0.2) is 0 Å². The van der Waals surface area contributed by atoms with Crippen LogP contribution in [0.4, 0.5) is 4.79 Å². The molecule has 5 nitrogen and oxygen atoms in total. The van der Waals surface area contributed by atoms with Crippen molar-refractivity contribution in [1.82, 2.24) is 0 Å². The maximum absolute atomic E-state index is 10.4. The monoisotopic (exact) mass is 250 g/mol. The van der Waals surface area contributed by atoms with Crippen molar-refractivity contribution in [3.8, 4) is 0 Å². The number of carbonyl (C=O) groups is 1. The summed E-state index contributed by atoms with van der Waals surface area (Å²) in [6.45, 7) is 6.20. The maximum Gasteiger partial charge on any atom is 0.309 e. The molecule has 2 amide bonds. The number of amides is 2. The number of carbonyl (C=O) groups excluding carboxylic acids is 1. The van der Waals surface area contributed by atoms with Crippen LogP contribution in [0.2, 0.25) is 0 Å². The minimum absolute atomic E-state index is 0.424. The highest BCUT2D eigenvalue weighted by molar-refractivity contribution is 7.91. The average molecular weight is 250 g/mol. The summed E-state index contributed by atoms with van der Waals surface area (Å²) in [7, 11) is -2.55. The van der Waals surface area contributed by atoms with Gasteiger partial charge in [0.05, 0.1) is 11.5 Å². The molecule has 0 aromatic carbocycles. The molecule has 1 heterocycles. The Hall–Kier alpha value is -1.04. The molecule has 0 aliphatic carbocycles. The van der Waals surface area contributed by atoms with Crippen LogP contribution in [0.25, 0.3) is 0 Å². The molecule has 0 aromatic rings. The zero-order chi connectivity index (χ0) is 13.2. The van der Waals surface area contributed by atoms with Gasteiger partial charge in [-0.25, -0.2) is 13.2 Å². The number of hydrogen-bond acceptors (Lipinski definition) is 3. The summed E-state index contributed by atoms with van der Waals surface area (Å²) in [5.74, 6) is 0.847. The number of urea groups is 1. The Bertz CT molecular complexity index is 301.